The zero-order valence-electron chi connectivity index (χ0n) is 14.1. The van der Waals surface area contributed by atoms with Gasteiger partial charge in [-0.05, 0) is 30.7 Å². The van der Waals surface area contributed by atoms with E-state index in [9.17, 15) is 13.2 Å². The van der Waals surface area contributed by atoms with Gasteiger partial charge in [-0.1, -0.05) is 6.07 Å². The summed E-state index contributed by atoms with van der Waals surface area (Å²) in [5.74, 6) is -0.358. The number of aliphatic imine (C=N–C) groups is 1. The van der Waals surface area contributed by atoms with Crippen molar-refractivity contribution in [3.8, 4) is 5.75 Å². The molecule has 0 aliphatic rings. The molecule has 1 aromatic carbocycles. The van der Waals surface area contributed by atoms with Crippen molar-refractivity contribution in [3.63, 3.8) is 0 Å². The van der Waals surface area contributed by atoms with E-state index in [0.29, 0.717) is 19.0 Å². The SMILES string of the molecule is CCNC(=NCc1ccn(C)c1)NCc1c(F)cccc1OC(F)F. The highest BCUT2D eigenvalue weighted by atomic mass is 19.3. The van der Waals surface area contributed by atoms with Gasteiger partial charge in [0.25, 0.3) is 0 Å². The van der Waals surface area contributed by atoms with Gasteiger partial charge in [-0.3, -0.25) is 0 Å². The molecule has 2 aromatic rings. The summed E-state index contributed by atoms with van der Waals surface area (Å²) in [6, 6.07) is 5.77. The maximum atomic E-state index is 14.0. The van der Waals surface area contributed by atoms with E-state index in [4.69, 9.17) is 0 Å². The van der Waals surface area contributed by atoms with Crippen molar-refractivity contribution in [1.29, 1.82) is 0 Å². The number of halogens is 3. The largest absolute Gasteiger partial charge is 0.434 e. The molecule has 0 bridgehead atoms. The Kier molecular flexibility index (Phi) is 6.73. The second-order valence-electron chi connectivity index (χ2n) is 5.33. The Labute approximate surface area is 144 Å². The summed E-state index contributed by atoms with van der Waals surface area (Å²) >= 11 is 0. The summed E-state index contributed by atoms with van der Waals surface area (Å²) in [6.45, 7) is -0.101. The smallest absolute Gasteiger partial charge is 0.387 e. The summed E-state index contributed by atoms with van der Waals surface area (Å²) < 4.78 is 45.2. The average Bonchev–Trinajstić information content (AvgIpc) is 2.97. The maximum Gasteiger partial charge on any atom is 0.387 e. The lowest BCUT2D eigenvalue weighted by atomic mass is 10.2. The van der Waals surface area contributed by atoms with Crippen molar-refractivity contribution >= 4 is 5.96 Å². The topological polar surface area (TPSA) is 50.6 Å². The van der Waals surface area contributed by atoms with Gasteiger partial charge in [-0.2, -0.15) is 8.78 Å². The zero-order chi connectivity index (χ0) is 18.2. The van der Waals surface area contributed by atoms with Gasteiger partial charge in [0.1, 0.15) is 11.6 Å². The Morgan fingerprint density at radius 1 is 1.28 bits per heavy atom. The van der Waals surface area contributed by atoms with Crippen LogP contribution in [-0.4, -0.2) is 23.7 Å². The predicted octanol–water partition coefficient (Wildman–Crippen LogP) is 3.02. The minimum Gasteiger partial charge on any atom is -0.434 e. The van der Waals surface area contributed by atoms with Crippen molar-refractivity contribution in [2.45, 2.75) is 26.6 Å². The molecule has 1 aromatic heterocycles. The van der Waals surface area contributed by atoms with E-state index in [1.54, 1.807) is 0 Å². The molecule has 0 radical (unpaired) electrons. The number of rotatable bonds is 7. The summed E-state index contributed by atoms with van der Waals surface area (Å²) in [6.07, 6.45) is 3.86. The molecule has 25 heavy (non-hydrogen) atoms. The first kappa shape index (κ1) is 18.7. The Hall–Kier alpha value is -2.64. The molecule has 0 atom stereocenters. The lowest BCUT2D eigenvalue weighted by Gasteiger charge is -2.15. The molecule has 0 aliphatic heterocycles. The standard InChI is InChI=1S/C17H21F3N4O/c1-3-21-17(22-9-12-7-8-24(2)11-12)23-10-13-14(18)5-4-6-15(13)25-16(19)20/h4-8,11,16H,3,9-10H2,1-2H3,(H2,21,22,23). The van der Waals surface area contributed by atoms with E-state index >= 15 is 0 Å². The van der Waals surface area contributed by atoms with Crippen LogP contribution < -0.4 is 15.4 Å². The molecule has 2 N–H and O–H groups in total. The highest BCUT2D eigenvalue weighted by molar-refractivity contribution is 5.79. The van der Waals surface area contributed by atoms with Crippen LogP contribution in [0.3, 0.4) is 0 Å². The lowest BCUT2D eigenvalue weighted by Crippen LogP contribution is -2.37. The summed E-state index contributed by atoms with van der Waals surface area (Å²) in [5.41, 5.74) is 1.04. The Morgan fingerprint density at radius 3 is 2.72 bits per heavy atom. The molecule has 0 saturated carbocycles. The van der Waals surface area contributed by atoms with Crippen LogP contribution >= 0.6 is 0 Å². The lowest BCUT2D eigenvalue weighted by molar-refractivity contribution is -0.0506. The van der Waals surface area contributed by atoms with Crippen LogP contribution in [0.5, 0.6) is 5.75 Å². The molecule has 2 rings (SSSR count). The van der Waals surface area contributed by atoms with Crippen LogP contribution in [0.15, 0.2) is 41.7 Å². The quantitative estimate of drug-likeness (QED) is 0.594. The van der Waals surface area contributed by atoms with Crippen LogP contribution in [-0.2, 0) is 20.1 Å². The van der Waals surface area contributed by atoms with Crippen LogP contribution in [0, 0.1) is 5.82 Å². The van der Waals surface area contributed by atoms with Gasteiger partial charge in [-0.15, -0.1) is 0 Å². The van der Waals surface area contributed by atoms with Crippen LogP contribution in [0.1, 0.15) is 18.1 Å². The molecule has 8 heteroatoms. The number of alkyl halides is 2. The normalized spacial score (nSPS) is 11.7. The van der Waals surface area contributed by atoms with Crippen molar-refractivity contribution < 1.29 is 17.9 Å². The zero-order valence-corrected chi connectivity index (χ0v) is 14.1. The van der Waals surface area contributed by atoms with E-state index in [1.165, 1.54) is 18.2 Å². The fraction of sp³-hybridized carbons (Fsp3) is 0.353. The molecule has 0 saturated heterocycles. The number of nitrogens with zero attached hydrogens (tertiary/aromatic N) is 2. The first-order valence-electron chi connectivity index (χ1n) is 7.84. The van der Waals surface area contributed by atoms with E-state index in [1.807, 2.05) is 37.0 Å². The number of hydrogen-bond donors (Lipinski definition) is 2. The van der Waals surface area contributed by atoms with Gasteiger partial charge >= 0.3 is 6.61 Å². The molecule has 0 spiro atoms. The summed E-state index contributed by atoms with van der Waals surface area (Å²) in [5, 5.41) is 5.97. The van der Waals surface area contributed by atoms with E-state index in [0.717, 1.165) is 5.56 Å². The van der Waals surface area contributed by atoms with Crippen molar-refractivity contribution in [2.24, 2.45) is 12.0 Å². The molecule has 0 amide bonds. The van der Waals surface area contributed by atoms with Gasteiger partial charge in [0.2, 0.25) is 0 Å². The van der Waals surface area contributed by atoms with E-state index in [-0.39, 0.29) is 17.9 Å². The first-order chi connectivity index (χ1) is 12.0. The molecular formula is C17H21F3N4O. The van der Waals surface area contributed by atoms with Gasteiger partial charge in [0, 0.05) is 38.1 Å². The molecule has 0 unspecified atom stereocenters. The minimum atomic E-state index is -3.01. The molecule has 1 heterocycles. The number of guanidine groups is 1. The Morgan fingerprint density at radius 2 is 2.08 bits per heavy atom. The second-order valence-corrected chi connectivity index (χ2v) is 5.33. The fourth-order valence-corrected chi connectivity index (χ4v) is 2.26. The molecule has 0 aliphatic carbocycles. The molecule has 0 fully saturated rings. The maximum absolute atomic E-state index is 14.0. The second kappa shape index (κ2) is 9.00. The minimum absolute atomic E-state index is 0.0214. The van der Waals surface area contributed by atoms with E-state index in [2.05, 4.69) is 20.4 Å². The van der Waals surface area contributed by atoms with E-state index < -0.39 is 12.4 Å². The first-order valence-corrected chi connectivity index (χ1v) is 7.84. The number of ether oxygens (including phenoxy) is 1. The van der Waals surface area contributed by atoms with Gasteiger partial charge in [-0.25, -0.2) is 9.38 Å². The van der Waals surface area contributed by atoms with Gasteiger partial charge in [0.05, 0.1) is 6.54 Å². The van der Waals surface area contributed by atoms with Crippen LogP contribution in [0.25, 0.3) is 0 Å². The average molecular weight is 354 g/mol. The molecule has 136 valence electrons. The third-order valence-corrected chi connectivity index (χ3v) is 3.38. The summed E-state index contributed by atoms with van der Waals surface area (Å²) in [7, 11) is 1.92. The number of aryl methyl sites for hydroxylation is 1. The Balaban J connectivity index is 2.08. The van der Waals surface area contributed by atoms with Crippen LogP contribution in [0.4, 0.5) is 13.2 Å². The molecular weight excluding hydrogens is 333 g/mol. The predicted molar refractivity (Wildman–Crippen MR) is 90.1 cm³/mol. The Bertz CT molecular complexity index is 716. The van der Waals surface area contributed by atoms with Crippen molar-refractivity contribution in [3.05, 3.63) is 53.6 Å². The van der Waals surface area contributed by atoms with Gasteiger partial charge < -0.3 is 19.9 Å². The summed E-state index contributed by atoms with van der Waals surface area (Å²) in [4.78, 5) is 4.40. The number of aromatic nitrogens is 1. The number of hydrogen-bond acceptors (Lipinski definition) is 2. The number of benzene rings is 1. The van der Waals surface area contributed by atoms with Gasteiger partial charge in [0.15, 0.2) is 5.96 Å². The van der Waals surface area contributed by atoms with Crippen molar-refractivity contribution in [1.82, 2.24) is 15.2 Å². The third kappa shape index (κ3) is 5.74. The highest BCUT2D eigenvalue weighted by Crippen LogP contribution is 2.23. The molecule has 5 nitrogen and oxygen atoms in total. The number of nitrogens with one attached hydrogen (secondary N) is 2. The monoisotopic (exact) mass is 354 g/mol. The van der Waals surface area contributed by atoms with Crippen molar-refractivity contribution in [2.75, 3.05) is 6.54 Å². The highest BCUT2D eigenvalue weighted by Gasteiger charge is 2.14. The van der Waals surface area contributed by atoms with Crippen LogP contribution in [0.2, 0.25) is 0 Å². The third-order valence-electron chi connectivity index (χ3n) is 3.38. The fourth-order valence-electron chi connectivity index (χ4n) is 2.26.